The van der Waals surface area contributed by atoms with Crippen LogP contribution in [0.5, 0.6) is 11.5 Å². The predicted octanol–water partition coefficient (Wildman–Crippen LogP) is 4.29. The molecule has 1 N–H and O–H groups in total. The SMILES string of the molecule is Cc1ccn2cc(-c3cccc(NC(=O)c4ccc5c(c4)OCO5)c3)nc2c1. The van der Waals surface area contributed by atoms with Crippen molar-refractivity contribution in [2.24, 2.45) is 0 Å². The fourth-order valence-corrected chi connectivity index (χ4v) is 3.22. The van der Waals surface area contributed by atoms with Crippen LogP contribution in [0.4, 0.5) is 5.69 Å². The summed E-state index contributed by atoms with van der Waals surface area (Å²) < 4.78 is 12.6. The van der Waals surface area contributed by atoms with Crippen molar-refractivity contribution in [3.8, 4) is 22.8 Å². The third kappa shape index (κ3) is 2.95. The lowest BCUT2D eigenvalue weighted by Gasteiger charge is -2.07. The van der Waals surface area contributed by atoms with Gasteiger partial charge in [0, 0.05) is 29.2 Å². The molecule has 0 radical (unpaired) electrons. The second-order valence-corrected chi connectivity index (χ2v) is 6.70. The number of aromatic nitrogens is 2. The number of hydrogen-bond acceptors (Lipinski definition) is 4. The minimum Gasteiger partial charge on any atom is -0.454 e. The maximum atomic E-state index is 12.6. The van der Waals surface area contributed by atoms with E-state index in [-0.39, 0.29) is 12.7 Å². The highest BCUT2D eigenvalue weighted by Crippen LogP contribution is 2.32. The van der Waals surface area contributed by atoms with Gasteiger partial charge in [0.1, 0.15) is 5.65 Å². The molecule has 28 heavy (non-hydrogen) atoms. The van der Waals surface area contributed by atoms with E-state index in [4.69, 9.17) is 9.47 Å². The molecule has 0 aliphatic carbocycles. The number of benzene rings is 2. The molecule has 6 heteroatoms. The van der Waals surface area contributed by atoms with E-state index in [1.807, 2.05) is 60.1 Å². The zero-order valence-electron chi connectivity index (χ0n) is 15.2. The number of hydrogen-bond donors (Lipinski definition) is 1. The van der Waals surface area contributed by atoms with Gasteiger partial charge in [0.25, 0.3) is 5.91 Å². The van der Waals surface area contributed by atoms with Gasteiger partial charge in [-0.1, -0.05) is 12.1 Å². The van der Waals surface area contributed by atoms with Crippen LogP contribution in [0.2, 0.25) is 0 Å². The summed E-state index contributed by atoms with van der Waals surface area (Å²) >= 11 is 0. The molecule has 138 valence electrons. The Kier molecular flexibility index (Phi) is 3.76. The zero-order valence-corrected chi connectivity index (χ0v) is 15.2. The van der Waals surface area contributed by atoms with Crippen molar-refractivity contribution in [2.45, 2.75) is 6.92 Å². The van der Waals surface area contributed by atoms with Crippen LogP contribution in [0.1, 0.15) is 15.9 Å². The van der Waals surface area contributed by atoms with E-state index in [9.17, 15) is 4.79 Å². The van der Waals surface area contributed by atoms with Crippen molar-refractivity contribution >= 4 is 17.2 Å². The highest BCUT2D eigenvalue weighted by Gasteiger charge is 2.16. The first-order valence-corrected chi connectivity index (χ1v) is 8.92. The molecule has 3 heterocycles. The van der Waals surface area contributed by atoms with Crippen molar-refractivity contribution in [2.75, 3.05) is 12.1 Å². The summed E-state index contributed by atoms with van der Waals surface area (Å²) in [6, 6.07) is 16.9. The number of anilines is 1. The number of carbonyl (C=O) groups excluding carboxylic acids is 1. The molecular formula is C22H17N3O3. The van der Waals surface area contributed by atoms with Crippen molar-refractivity contribution < 1.29 is 14.3 Å². The smallest absolute Gasteiger partial charge is 0.255 e. The molecule has 5 rings (SSSR count). The number of fused-ring (bicyclic) bond motifs is 2. The number of rotatable bonds is 3. The fraction of sp³-hybridized carbons (Fsp3) is 0.0909. The first kappa shape index (κ1) is 16.4. The Bertz CT molecular complexity index is 1210. The van der Waals surface area contributed by atoms with Crippen LogP contribution in [-0.4, -0.2) is 22.1 Å². The topological polar surface area (TPSA) is 64.9 Å². The Morgan fingerprint density at radius 3 is 2.89 bits per heavy atom. The second kappa shape index (κ2) is 6.42. The summed E-state index contributed by atoms with van der Waals surface area (Å²) in [5, 5.41) is 2.93. The average molecular weight is 371 g/mol. The van der Waals surface area contributed by atoms with E-state index in [0.29, 0.717) is 22.7 Å². The van der Waals surface area contributed by atoms with Crippen molar-refractivity contribution in [1.82, 2.24) is 9.38 Å². The van der Waals surface area contributed by atoms with Gasteiger partial charge in [-0.25, -0.2) is 4.98 Å². The number of carbonyl (C=O) groups is 1. The van der Waals surface area contributed by atoms with Crippen molar-refractivity contribution in [3.05, 3.63) is 78.1 Å². The molecule has 1 aliphatic rings. The normalized spacial score (nSPS) is 12.3. The maximum absolute atomic E-state index is 12.6. The second-order valence-electron chi connectivity index (χ2n) is 6.70. The summed E-state index contributed by atoms with van der Waals surface area (Å²) in [6.07, 6.45) is 3.97. The van der Waals surface area contributed by atoms with E-state index in [0.717, 1.165) is 22.5 Å². The Morgan fingerprint density at radius 1 is 1.07 bits per heavy atom. The minimum atomic E-state index is -0.207. The molecular weight excluding hydrogens is 354 g/mol. The summed E-state index contributed by atoms with van der Waals surface area (Å²) in [5.41, 5.74) is 5.06. The number of amides is 1. The number of aryl methyl sites for hydroxylation is 1. The van der Waals surface area contributed by atoms with Gasteiger partial charge in [0.15, 0.2) is 11.5 Å². The van der Waals surface area contributed by atoms with Gasteiger partial charge in [-0.05, 0) is 55.0 Å². The van der Waals surface area contributed by atoms with Gasteiger partial charge < -0.3 is 19.2 Å². The quantitative estimate of drug-likeness (QED) is 0.583. The van der Waals surface area contributed by atoms with Crippen LogP contribution in [0, 0.1) is 6.92 Å². The Labute approximate surface area is 161 Å². The Balaban J connectivity index is 1.41. The predicted molar refractivity (Wildman–Crippen MR) is 106 cm³/mol. The van der Waals surface area contributed by atoms with Gasteiger partial charge in [-0.3, -0.25) is 4.79 Å². The number of nitrogens with zero attached hydrogens (tertiary/aromatic N) is 2. The first-order chi connectivity index (χ1) is 13.7. The summed E-state index contributed by atoms with van der Waals surface area (Å²) in [5.74, 6) is 1.03. The van der Waals surface area contributed by atoms with Crippen LogP contribution in [0.25, 0.3) is 16.9 Å². The standard InChI is InChI=1S/C22H17N3O3/c1-14-7-8-25-12-18(24-21(25)9-14)15-3-2-4-17(10-15)23-22(26)16-5-6-19-20(11-16)28-13-27-19/h2-12H,13H2,1H3,(H,23,26). The number of pyridine rings is 1. The lowest BCUT2D eigenvalue weighted by molar-refractivity contribution is 0.102. The van der Waals surface area contributed by atoms with Crippen LogP contribution in [-0.2, 0) is 0 Å². The molecule has 2 aromatic carbocycles. The molecule has 0 saturated carbocycles. The molecule has 6 nitrogen and oxygen atoms in total. The van der Waals surface area contributed by atoms with Crippen LogP contribution in [0.15, 0.2) is 67.0 Å². The summed E-state index contributed by atoms with van der Waals surface area (Å²) in [7, 11) is 0. The van der Waals surface area contributed by atoms with E-state index >= 15 is 0 Å². The highest BCUT2D eigenvalue weighted by molar-refractivity contribution is 6.05. The lowest BCUT2D eigenvalue weighted by atomic mass is 10.1. The third-order valence-electron chi connectivity index (χ3n) is 4.67. The van der Waals surface area contributed by atoms with Gasteiger partial charge in [-0.15, -0.1) is 0 Å². The number of nitrogens with one attached hydrogen (secondary N) is 1. The van der Waals surface area contributed by atoms with Crippen molar-refractivity contribution in [1.29, 1.82) is 0 Å². The van der Waals surface area contributed by atoms with Crippen molar-refractivity contribution in [3.63, 3.8) is 0 Å². The lowest BCUT2D eigenvalue weighted by Crippen LogP contribution is -2.11. The molecule has 0 fully saturated rings. The molecule has 1 amide bonds. The monoisotopic (exact) mass is 371 g/mol. The number of ether oxygens (including phenoxy) is 2. The van der Waals surface area contributed by atoms with Gasteiger partial charge in [-0.2, -0.15) is 0 Å². The summed E-state index contributed by atoms with van der Waals surface area (Å²) in [6.45, 7) is 2.22. The molecule has 0 atom stereocenters. The first-order valence-electron chi connectivity index (χ1n) is 8.92. The van der Waals surface area contributed by atoms with Gasteiger partial charge in [0.2, 0.25) is 6.79 Å². The molecule has 1 aliphatic heterocycles. The van der Waals surface area contributed by atoms with E-state index in [1.54, 1.807) is 18.2 Å². The molecule has 2 aromatic heterocycles. The van der Waals surface area contributed by atoms with Crippen LogP contribution < -0.4 is 14.8 Å². The molecule has 0 unspecified atom stereocenters. The van der Waals surface area contributed by atoms with E-state index in [1.165, 1.54) is 0 Å². The highest BCUT2D eigenvalue weighted by atomic mass is 16.7. The zero-order chi connectivity index (χ0) is 19.1. The Morgan fingerprint density at radius 2 is 1.96 bits per heavy atom. The van der Waals surface area contributed by atoms with Crippen LogP contribution in [0.3, 0.4) is 0 Å². The summed E-state index contributed by atoms with van der Waals surface area (Å²) in [4.78, 5) is 17.3. The largest absolute Gasteiger partial charge is 0.454 e. The molecule has 4 aromatic rings. The third-order valence-corrected chi connectivity index (χ3v) is 4.67. The Hall–Kier alpha value is -3.80. The van der Waals surface area contributed by atoms with Crippen LogP contribution >= 0.6 is 0 Å². The van der Waals surface area contributed by atoms with Gasteiger partial charge in [0.05, 0.1) is 5.69 Å². The number of imidazole rings is 1. The average Bonchev–Trinajstić information content (AvgIpc) is 3.33. The van der Waals surface area contributed by atoms with Gasteiger partial charge >= 0.3 is 0 Å². The maximum Gasteiger partial charge on any atom is 0.255 e. The molecule has 0 bridgehead atoms. The van der Waals surface area contributed by atoms with E-state index < -0.39 is 0 Å². The minimum absolute atomic E-state index is 0.182. The fourth-order valence-electron chi connectivity index (χ4n) is 3.22. The molecule has 0 saturated heterocycles. The van der Waals surface area contributed by atoms with E-state index in [2.05, 4.69) is 10.3 Å². The molecule has 0 spiro atoms.